The molecule has 1 saturated carbocycles. The van der Waals surface area contributed by atoms with E-state index in [1.54, 1.807) is 0 Å². The Bertz CT molecular complexity index is 175. The maximum atomic E-state index is 5.46. The van der Waals surface area contributed by atoms with Gasteiger partial charge in [0.1, 0.15) is 0 Å². The zero-order valence-electron chi connectivity index (χ0n) is 10.8. The van der Waals surface area contributed by atoms with E-state index in [4.69, 9.17) is 4.74 Å². The minimum atomic E-state index is 0.0389. The van der Waals surface area contributed by atoms with E-state index in [9.17, 15) is 0 Å². The molecular formula is C13H27NO. The van der Waals surface area contributed by atoms with Crippen molar-refractivity contribution >= 4 is 0 Å². The zero-order valence-corrected chi connectivity index (χ0v) is 10.8. The quantitative estimate of drug-likeness (QED) is 0.669. The van der Waals surface area contributed by atoms with Crippen LogP contribution in [0.25, 0.3) is 0 Å². The Morgan fingerprint density at radius 1 is 1.40 bits per heavy atom. The second kappa shape index (κ2) is 5.86. The van der Waals surface area contributed by atoms with Crippen LogP contribution in [-0.2, 0) is 4.74 Å². The molecule has 0 radical (unpaired) electrons. The smallest absolute Gasteiger partial charge is 0.0623 e. The molecular weight excluding hydrogens is 186 g/mol. The number of rotatable bonds is 8. The van der Waals surface area contributed by atoms with E-state index in [-0.39, 0.29) is 5.60 Å². The van der Waals surface area contributed by atoms with Crippen LogP contribution in [0.1, 0.15) is 52.9 Å². The van der Waals surface area contributed by atoms with Crippen molar-refractivity contribution < 1.29 is 4.74 Å². The van der Waals surface area contributed by atoms with Crippen molar-refractivity contribution in [2.24, 2.45) is 5.92 Å². The average molecular weight is 213 g/mol. The fraction of sp³-hybridized carbons (Fsp3) is 1.00. The molecule has 0 spiro atoms. The number of hydrogen-bond acceptors (Lipinski definition) is 2. The fourth-order valence-electron chi connectivity index (χ4n) is 1.97. The molecule has 1 unspecified atom stereocenters. The van der Waals surface area contributed by atoms with Crippen LogP contribution in [0.2, 0.25) is 0 Å². The normalized spacial score (nSPS) is 19.2. The highest BCUT2D eigenvalue weighted by Gasteiger charge is 2.26. The van der Waals surface area contributed by atoms with E-state index in [0.29, 0.717) is 6.04 Å². The van der Waals surface area contributed by atoms with E-state index >= 15 is 0 Å². The third-order valence-corrected chi connectivity index (χ3v) is 3.46. The van der Waals surface area contributed by atoms with Crippen LogP contribution in [0.4, 0.5) is 0 Å². The summed E-state index contributed by atoms with van der Waals surface area (Å²) < 4.78 is 5.46. The first-order chi connectivity index (χ1) is 7.07. The molecule has 0 aliphatic heterocycles. The van der Waals surface area contributed by atoms with E-state index in [2.05, 4.69) is 26.1 Å². The molecule has 0 aromatic carbocycles. The minimum absolute atomic E-state index is 0.0389. The third-order valence-electron chi connectivity index (χ3n) is 3.46. The number of ether oxygens (including phenoxy) is 1. The summed E-state index contributed by atoms with van der Waals surface area (Å²) in [5.74, 6) is 1.01. The van der Waals surface area contributed by atoms with Crippen molar-refractivity contribution in [1.82, 2.24) is 5.32 Å². The Balaban J connectivity index is 2.23. The predicted octanol–water partition coefficient (Wildman–Crippen LogP) is 2.97. The molecule has 15 heavy (non-hydrogen) atoms. The lowest BCUT2D eigenvalue weighted by atomic mass is 9.96. The van der Waals surface area contributed by atoms with Crippen LogP contribution in [-0.4, -0.2) is 25.3 Å². The second-order valence-corrected chi connectivity index (χ2v) is 5.44. The Hall–Kier alpha value is -0.0800. The summed E-state index contributed by atoms with van der Waals surface area (Å²) in [4.78, 5) is 0. The second-order valence-electron chi connectivity index (χ2n) is 5.44. The summed E-state index contributed by atoms with van der Waals surface area (Å²) in [6.45, 7) is 7.63. The van der Waals surface area contributed by atoms with Crippen LogP contribution in [0.5, 0.6) is 0 Å². The number of hydrogen-bond donors (Lipinski definition) is 1. The molecule has 1 aliphatic rings. The van der Waals surface area contributed by atoms with Gasteiger partial charge in [-0.2, -0.15) is 0 Å². The molecule has 1 atom stereocenters. The van der Waals surface area contributed by atoms with Gasteiger partial charge in [-0.1, -0.05) is 19.8 Å². The summed E-state index contributed by atoms with van der Waals surface area (Å²) in [5.41, 5.74) is 0.0389. The van der Waals surface area contributed by atoms with Crippen LogP contribution in [0.3, 0.4) is 0 Å². The molecule has 1 N–H and O–H groups in total. The van der Waals surface area contributed by atoms with Crippen molar-refractivity contribution in [3.63, 3.8) is 0 Å². The van der Waals surface area contributed by atoms with E-state index in [1.807, 2.05) is 7.11 Å². The van der Waals surface area contributed by atoms with Gasteiger partial charge < -0.3 is 10.1 Å². The molecule has 0 amide bonds. The van der Waals surface area contributed by atoms with Gasteiger partial charge in [0, 0.05) is 13.2 Å². The molecule has 90 valence electrons. The topological polar surface area (TPSA) is 21.3 Å². The Morgan fingerprint density at radius 2 is 2.07 bits per heavy atom. The summed E-state index contributed by atoms with van der Waals surface area (Å²) in [5, 5.41) is 3.60. The number of methoxy groups -OCH3 is 1. The molecule has 0 heterocycles. The highest BCUT2D eigenvalue weighted by atomic mass is 16.5. The Labute approximate surface area is 94.8 Å². The molecule has 1 aliphatic carbocycles. The largest absolute Gasteiger partial charge is 0.379 e. The molecule has 2 heteroatoms. The van der Waals surface area contributed by atoms with Crippen LogP contribution < -0.4 is 5.32 Å². The first-order valence-corrected chi connectivity index (χ1v) is 6.36. The highest BCUT2D eigenvalue weighted by molar-refractivity contribution is 4.82. The SMILES string of the molecule is CCNC(CCC(C)(C)OC)CC1CC1. The summed E-state index contributed by atoms with van der Waals surface area (Å²) in [6, 6.07) is 0.705. The van der Waals surface area contributed by atoms with Gasteiger partial charge in [-0.3, -0.25) is 0 Å². The van der Waals surface area contributed by atoms with Gasteiger partial charge in [-0.15, -0.1) is 0 Å². The van der Waals surface area contributed by atoms with Crippen molar-refractivity contribution in [3.8, 4) is 0 Å². The van der Waals surface area contributed by atoms with Crippen LogP contribution >= 0.6 is 0 Å². The molecule has 2 nitrogen and oxygen atoms in total. The van der Waals surface area contributed by atoms with Crippen molar-refractivity contribution in [3.05, 3.63) is 0 Å². The van der Waals surface area contributed by atoms with Gasteiger partial charge in [-0.05, 0) is 45.6 Å². The van der Waals surface area contributed by atoms with Gasteiger partial charge in [-0.25, -0.2) is 0 Å². The first-order valence-electron chi connectivity index (χ1n) is 6.36. The van der Waals surface area contributed by atoms with Crippen molar-refractivity contribution in [2.75, 3.05) is 13.7 Å². The maximum absolute atomic E-state index is 5.46. The fourth-order valence-corrected chi connectivity index (χ4v) is 1.97. The molecule has 0 saturated heterocycles. The van der Waals surface area contributed by atoms with Gasteiger partial charge in [0.25, 0.3) is 0 Å². The van der Waals surface area contributed by atoms with Crippen molar-refractivity contribution in [2.45, 2.75) is 64.5 Å². The Kier molecular flexibility index (Phi) is 5.07. The summed E-state index contributed by atoms with van der Waals surface area (Å²) in [7, 11) is 1.81. The predicted molar refractivity (Wildman–Crippen MR) is 65.1 cm³/mol. The van der Waals surface area contributed by atoms with E-state index in [1.165, 1.54) is 25.7 Å². The monoisotopic (exact) mass is 213 g/mol. The molecule has 1 fully saturated rings. The lowest BCUT2D eigenvalue weighted by Crippen LogP contribution is -2.33. The standard InChI is InChI=1S/C13H27NO/c1-5-14-12(10-11-6-7-11)8-9-13(2,3)15-4/h11-12,14H,5-10H2,1-4H3. The van der Waals surface area contributed by atoms with Gasteiger partial charge in [0.05, 0.1) is 5.60 Å². The zero-order chi connectivity index (χ0) is 11.3. The summed E-state index contributed by atoms with van der Waals surface area (Å²) in [6.07, 6.45) is 6.66. The average Bonchev–Trinajstić information content (AvgIpc) is 2.99. The summed E-state index contributed by atoms with van der Waals surface area (Å²) >= 11 is 0. The first kappa shape index (κ1) is 13.0. The number of nitrogens with one attached hydrogen (secondary N) is 1. The van der Waals surface area contributed by atoms with Gasteiger partial charge in [0.15, 0.2) is 0 Å². The molecule has 0 aromatic rings. The van der Waals surface area contributed by atoms with Gasteiger partial charge >= 0.3 is 0 Å². The Morgan fingerprint density at radius 3 is 2.53 bits per heavy atom. The van der Waals surface area contributed by atoms with E-state index in [0.717, 1.165) is 18.9 Å². The molecule has 1 rings (SSSR count). The van der Waals surface area contributed by atoms with E-state index < -0.39 is 0 Å². The molecule has 0 aromatic heterocycles. The third kappa shape index (κ3) is 5.53. The van der Waals surface area contributed by atoms with Crippen LogP contribution in [0.15, 0.2) is 0 Å². The minimum Gasteiger partial charge on any atom is -0.379 e. The van der Waals surface area contributed by atoms with Crippen LogP contribution in [0, 0.1) is 5.92 Å². The van der Waals surface area contributed by atoms with Crippen molar-refractivity contribution in [1.29, 1.82) is 0 Å². The molecule has 0 bridgehead atoms. The lowest BCUT2D eigenvalue weighted by Gasteiger charge is -2.26. The highest BCUT2D eigenvalue weighted by Crippen LogP contribution is 2.34. The van der Waals surface area contributed by atoms with Gasteiger partial charge in [0.2, 0.25) is 0 Å². The maximum Gasteiger partial charge on any atom is 0.0623 e. The lowest BCUT2D eigenvalue weighted by molar-refractivity contribution is 0.0114.